The Kier molecular flexibility index (Phi) is 5.91. The van der Waals surface area contributed by atoms with E-state index in [9.17, 15) is 0 Å². The van der Waals surface area contributed by atoms with Crippen molar-refractivity contribution < 1.29 is 0 Å². The quantitative estimate of drug-likeness (QED) is 0.700. The van der Waals surface area contributed by atoms with Crippen LogP contribution in [0.2, 0.25) is 0 Å². The fourth-order valence-electron chi connectivity index (χ4n) is 3.83. The lowest BCUT2D eigenvalue weighted by atomic mass is 10.2. The Bertz CT molecular complexity index is 907. The molecule has 6 heteroatoms. The summed E-state index contributed by atoms with van der Waals surface area (Å²) in [6.07, 6.45) is 1.62. The smallest absolute Gasteiger partial charge is 0.157 e. The van der Waals surface area contributed by atoms with Crippen molar-refractivity contribution in [3.63, 3.8) is 0 Å². The average Bonchev–Trinajstić information content (AvgIpc) is 2.76. The highest BCUT2D eigenvalue weighted by Gasteiger charge is 2.22. The number of nitrogens with two attached hydrogens (primary N) is 1. The first-order valence-electron chi connectivity index (χ1n) is 10.1. The topological polar surface area (TPSA) is 61.5 Å². The van der Waals surface area contributed by atoms with Crippen LogP contribution in [0.25, 0.3) is 0 Å². The largest absolute Gasteiger partial charge is 0.393 e. The van der Waals surface area contributed by atoms with E-state index in [0.29, 0.717) is 5.69 Å². The number of nitrogens with zero attached hydrogens (tertiary/aromatic N) is 5. The van der Waals surface area contributed by atoms with Crippen LogP contribution in [0.15, 0.2) is 67.0 Å². The lowest BCUT2D eigenvalue weighted by Crippen LogP contribution is -2.46. The highest BCUT2D eigenvalue weighted by atomic mass is 15.3. The molecule has 2 aromatic carbocycles. The van der Waals surface area contributed by atoms with E-state index in [1.165, 1.54) is 11.1 Å². The molecule has 1 aliphatic heterocycles. The number of benzene rings is 2. The van der Waals surface area contributed by atoms with Gasteiger partial charge in [0.25, 0.3) is 0 Å². The van der Waals surface area contributed by atoms with Gasteiger partial charge in [-0.2, -0.15) is 0 Å². The summed E-state index contributed by atoms with van der Waals surface area (Å²) >= 11 is 0. The minimum Gasteiger partial charge on any atom is -0.393 e. The number of hydrogen-bond donors (Lipinski definition) is 1. The van der Waals surface area contributed by atoms with Gasteiger partial charge in [-0.05, 0) is 11.1 Å². The van der Waals surface area contributed by atoms with Crippen LogP contribution < -0.4 is 15.5 Å². The van der Waals surface area contributed by atoms with Crippen LogP contribution in [0.3, 0.4) is 0 Å². The van der Waals surface area contributed by atoms with Crippen LogP contribution in [0.4, 0.5) is 17.3 Å². The van der Waals surface area contributed by atoms with Crippen LogP contribution in [0.1, 0.15) is 11.1 Å². The molecule has 0 aliphatic carbocycles. The average molecular weight is 389 g/mol. The van der Waals surface area contributed by atoms with E-state index in [0.717, 1.165) is 50.9 Å². The zero-order chi connectivity index (χ0) is 20.1. The van der Waals surface area contributed by atoms with Crippen molar-refractivity contribution in [2.75, 3.05) is 48.8 Å². The molecule has 1 aliphatic rings. The zero-order valence-electron chi connectivity index (χ0n) is 16.9. The minimum absolute atomic E-state index is 0.655. The monoisotopic (exact) mass is 388 g/mol. The molecule has 0 saturated carbocycles. The summed E-state index contributed by atoms with van der Waals surface area (Å²) in [4.78, 5) is 15.8. The fraction of sp³-hybridized carbons (Fsp3) is 0.304. The molecular weight excluding hydrogens is 360 g/mol. The van der Waals surface area contributed by atoms with E-state index in [1.807, 2.05) is 25.2 Å². The van der Waals surface area contributed by atoms with E-state index in [1.54, 1.807) is 6.33 Å². The van der Waals surface area contributed by atoms with Gasteiger partial charge in [0.05, 0.1) is 0 Å². The van der Waals surface area contributed by atoms with Crippen LogP contribution in [-0.4, -0.2) is 48.1 Å². The highest BCUT2D eigenvalue weighted by Crippen LogP contribution is 2.29. The highest BCUT2D eigenvalue weighted by molar-refractivity contribution is 5.75. The predicted molar refractivity (Wildman–Crippen MR) is 119 cm³/mol. The van der Waals surface area contributed by atoms with Crippen LogP contribution >= 0.6 is 0 Å². The maximum atomic E-state index is 6.51. The van der Waals surface area contributed by atoms with Crippen molar-refractivity contribution >= 4 is 17.3 Å². The lowest BCUT2D eigenvalue weighted by molar-refractivity contribution is 0.249. The number of piperazine rings is 1. The van der Waals surface area contributed by atoms with Gasteiger partial charge in [0, 0.05) is 46.3 Å². The van der Waals surface area contributed by atoms with E-state index in [4.69, 9.17) is 5.73 Å². The second kappa shape index (κ2) is 8.92. The summed E-state index contributed by atoms with van der Waals surface area (Å²) in [5.41, 5.74) is 9.74. The maximum absolute atomic E-state index is 6.51. The predicted octanol–water partition coefficient (Wildman–Crippen LogP) is 3.02. The Hall–Kier alpha value is -3.12. The van der Waals surface area contributed by atoms with Gasteiger partial charge < -0.3 is 15.5 Å². The normalized spacial score (nSPS) is 14.7. The van der Waals surface area contributed by atoms with Gasteiger partial charge in [0.15, 0.2) is 11.6 Å². The number of nitrogen functional groups attached to an aromatic ring is 1. The van der Waals surface area contributed by atoms with Gasteiger partial charge in [0.2, 0.25) is 0 Å². The van der Waals surface area contributed by atoms with Gasteiger partial charge in [0.1, 0.15) is 12.0 Å². The second-order valence-corrected chi connectivity index (χ2v) is 7.53. The summed E-state index contributed by atoms with van der Waals surface area (Å²) in [5.74, 6) is 1.62. The summed E-state index contributed by atoms with van der Waals surface area (Å²) in [6, 6.07) is 21.0. The first-order valence-corrected chi connectivity index (χ1v) is 10.1. The van der Waals surface area contributed by atoms with Gasteiger partial charge in [-0.3, -0.25) is 4.90 Å². The minimum atomic E-state index is 0.655. The Morgan fingerprint density at radius 1 is 0.862 bits per heavy atom. The summed E-state index contributed by atoms with van der Waals surface area (Å²) in [6.45, 7) is 5.55. The first-order chi connectivity index (χ1) is 14.2. The van der Waals surface area contributed by atoms with Crippen molar-refractivity contribution in [1.82, 2.24) is 14.9 Å². The van der Waals surface area contributed by atoms with Crippen LogP contribution in [-0.2, 0) is 13.1 Å². The molecule has 0 spiro atoms. The molecule has 0 unspecified atom stereocenters. The maximum Gasteiger partial charge on any atom is 0.157 e. The number of hydrogen-bond acceptors (Lipinski definition) is 6. The van der Waals surface area contributed by atoms with E-state index >= 15 is 0 Å². The molecule has 0 amide bonds. The standard InChI is InChI=1S/C23H28N6/c1-27(16-19-8-4-2-5-9-19)22-21(24)23(26-18-25-22)29-14-12-28(13-15-29)17-20-10-6-3-7-11-20/h2-11,18H,12-17,24H2,1H3. The second-order valence-electron chi connectivity index (χ2n) is 7.53. The van der Waals surface area contributed by atoms with Crippen molar-refractivity contribution in [3.8, 4) is 0 Å². The lowest BCUT2D eigenvalue weighted by Gasteiger charge is -2.36. The molecular formula is C23H28N6. The number of aromatic nitrogens is 2. The third kappa shape index (κ3) is 4.66. The van der Waals surface area contributed by atoms with Crippen LogP contribution in [0, 0.1) is 0 Å². The molecule has 0 radical (unpaired) electrons. The first kappa shape index (κ1) is 19.2. The molecule has 4 rings (SSSR count). The van der Waals surface area contributed by atoms with Gasteiger partial charge in [-0.15, -0.1) is 0 Å². The molecule has 0 atom stereocenters. The number of anilines is 3. The van der Waals surface area contributed by atoms with Crippen molar-refractivity contribution in [2.45, 2.75) is 13.1 Å². The van der Waals surface area contributed by atoms with Crippen molar-refractivity contribution in [2.24, 2.45) is 0 Å². The van der Waals surface area contributed by atoms with Crippen molar-refractivity contribution in [3.05, 3.63) is 78.1 Å². The summed E-state index contributed by atoms with van der Waals surface area (Å²) in [7, 11) is 2.02. The fourth-order valence-corrected chi connectivity index (χ4v) is 3.83. The molecule has 2 N–H and O–H groups in total. The summed E-state index contributed by atoms with van der Waals surface area (Å²) in [5, 5.41) is 0. The molecule has 6 nitrogen and oxygen atoms in total. The Morgan fingerprint density at radius 2 is 1.48 bits per heavy atom. The van der Waals surface area contributed by atoms with Gasteiger partial charge in [-0.25, -0.2) is 9.97 Å². The molecule has 1 aromatic heterocycles. The SMILES string of the molecule is CN(Cc1ccccc1)c1ncnc(N2CCN(Cc3ccccc3)CC2)c1N. The van der Waals surface area contributed by atoms with Gasteiger partial charge in [-0.1, -0.05) is 60.7 Å². The van der Waals surface area contributed by atoms with E-state index in [2.05, 4.69) is 67.1 Å². The Morgan fingerprint density at radius 3 is 2.14 bits per heavy atom. The van der Waals surface area contributed by atoms with E-state index < -0.39 is 0 Å². The Balaban J connectivity index is 1.41. The molecule has 3 aromatic rings. The van der Waals surface area contributed by atoms with Crippen LogP contribution in [0.5, 0.6) is 0 Å². The van der Waals surface area contributed by atoms with Crippen molar-refractivity contribution in [1.29, 1.82) is 0 Å². The molecule has 29 heavy (non-hydrogen) atoms. The summed E-state index contributed by atoms with van der Waals surface area (Å²) < 4.78 is 0. The Labute approximate surface area is 172 Å². The molecule has 1 fully saturated rings. The molecule has 150 valence electrons. The number of rotatable bonds is 6. The third-order valence-electron chi connectivity index (χ3n) is 5.39. The third-order valence-corrected chi connectivity index (χ3v) is 5.39. The molecule has 2 heterocycles. The van der Waals surface area contributed by atoms with E-state index in [-0.39, 0.29) is 0 Å². The molecule has 0 bridgehead atoms. The zero-order valence-corrected chi connectivity index (χ0v) is 16.9. The molecule has 1 saturated heterocycles. The van der Waals surface area contributed by atoms with Gasteiger partial charge >= 0.3 is 0 Å².